The molecule has 1 aromatic carbocycles. The van der Waals surface area contributed by atoms with Crippen molar-refractivity contribution in [1.29, 1.82) is 0 Å². The number of nitrogens with two attached hydrogens (primary N) is 1. The molecular formula is C13H19NO2S. The molecule has 0 heterocycles. The van der Waals surface area contributed by atoms with Crippen molar-refractivity contribution >= 4 is 17.7 Å². The highest BCUT2D eigenvalue weighted by Crippen LogP contribution is 2.22. The molecule has 0 aliphatic carbocycles. The van der Waals surface area contributed by atoms with E-state index in [9.17, 15) is 4.79 Å². The van der Waals surface area contributed by atoms with Gasteiger partial charge in [-0.3, -0.25) is 4.79 Å². The number of hydrogen-bond donors (Lipinski definition) is 1. The Balaban J connectivity index is 2.43. The van der Waals surface area contributed by atoms with Crippen molar-refractivity contribution in [2.24, 2.45) is 5.73 Å². The highest BCUT2D eigenvalue weighted by Gasteiger charge is 2.04. The Bertz CT molecular complexity index is 351. The van der Waals surface area contributed by atoms with E-state index in [-0.39, 0.29) is 12.0 Å². The molecule has 1 aromatic rings. The van der Waals surface area contributed by atoms with Gasteiger partial charge < -0.3 is 10.5 Å². The number of carbonyl (C=O) groups is 1. The number of benzene rings is 1. The van der Waals surface area contributed by atoms with Crippen LogP contribution >= 0.6 is 11.8 Å². The van der Waals surface area contributed by atoms with E-state index < -0.39 is 0 Å². The Morgan fingerprint density at radius 2 is 2.06 bits per heavy atom. The third-order valence-electron chi connectivity index (χ3n) is 2.55. The molecule has 0 bridgehead atoms. The Morgan fingerprint density at radius 1 is 1.41 bits per heavy atom. The minimum absolute atomic E-state index is 0.115. The summed E-state index contributed by atoms with van der Waals surface area (Å²) in [7, 11) is 1.41. The van der Waals surface area contributed by atoms with Gasteiger partial charge in [-0.05, 0) is 24.1 Å². The predicted molar refractivity (Wildman–Crippen MR) is 71.0 cm³/mol. The topological polar surface area (TPSA) is 52.3 Å². The van der Waals surface area contributed by atoms with Gasteiger partial charge in [0.1, 0.15) is 0 Å². The Kier molecular flexibility index (Phi) is 6.08. The van der Waals surface area contributed by atoms with Crippen LogP contribution in [0, 0.1) is 0 Å². The monoisotopic (exact) mass is 253 g/mol. The van der Waals surface area contributed by atoms with Gasteiger partial charge in [0.25, 0.3) is 0 Å². The van der Waals surface area contributed by atoms with E-state index in [4.69, 9.17) is 5.73 Å². The first-order chi connectivity index (χ1) is 8.17. The minimum Gasteiger partial charge on any atom is -0.469 e. The average molecular weight is 253 g/mol. The Labute approximate surface area is 107 Å². The molecule has 1 unspecified atom stereocenters. The first-order valence-electron chi connectivity index (χ1n) is 5.72. The van der Waals surface area contributed by atoms with Crippen LogP contribution in [0.3, 0.4) is 0 Å². The lowest BCUT2D eigenvalue weighted by Crippen LogP contribution is -2.08. The summed E-state index contributed by atoms with van der Waals surface area (Å²) in [4.78, 5) is 12.1. The second kappa shape index (κ2) is 7.35. The number of carbonyl (C=O) groups excluding carboxylic acids is 1. The molecule has 1 rings (SSSR count). The van der Waals surface area contributed by atoms with Crippen molar-refractivity contribution in [2.75, 3.05) is 12.9 Å². The summed E-state index contributed by atoms with van der Waals surface area (Å²) in [6.45, 7) is 2.07. The van der Waals surface area contributed by atoms with Crippen LogP contribution in [0.2, 0.25) is 0 Å². The molecule has 0 saturated carbocycles. The lowest BCUT2D eigenvalue weighted by molar-refractivity contribution is -0.140. The Hall–Kier alpha value is -1.00. The van der Waals surface area contributed by atoms with Gasteiger partial charge in [-0.1, -0.05) is 19.1 Å². The molecule has 94 valence electrons. The summed E-state index contributed by atoms with van der Waals surface area (Å²) >= 11 is 1.65. The summed E-state index contributed by atoms with van der Waals surface area (Å²) < 4.78 is 4.58. The summed E-state index contributed by atoms with van der Waals surface area (Å²) in [6.07, 6.45) is 1.38. The first-order valence-corrected chi connectivity index (χ1v) is 6.71. The largest absolute Gasteiger partial charge is 0.469 e. The molecule has 17 heavy (non-hydrogen) atoms. The summed E-state index contributed by atoms with van der Waals surface area (Å²) in [5.41, 5.74) is 7.09. The van der Waals surface area contributed by atoms with Crippen molar-refractivity contribution in [2.45, 2.75) is 30.7 Å². The second-order valence-corrected chi connectivity index (χ2v) is 4.93. The molecular weight excluding hydrogens is 234 g/mol. The van der Waals surface area contributed by atoms with Crippen molar-refractivity contribution in [3.63, 3.8) is 0 Å². The van der Waals surface area contributed by atoms with E-state index in [1.807, 2.05) is 12.1 Å². The molecule has 0 spiro atoms. The molecule has 0 aliphatic heterocycles. The van der Waals surface area contributed by atoms with Gasteiger partial charge >= 0.3 is 5.97 Å². The van der Waals surface area contributed by atoms with E-state index in [0.717, 1.165) is 22.6 Å². The van der Waals surface area contributed by atoms with E-state index in [1.54, 1.807) is 11.8 Å². The van der Waals surface area contributed by atoms with Gasteiger partial charge in [-0.25, -0.2) is 0 Å². The van der Waals surface area contributed by atoms with Gasteiger partial charge in [0.05, 0.1) is 13.5 Å². The zero-order valence-corrected chi connectivity index (χ0v) is 11.1. The van der Waals surface area contributed by atoms with Gasteiger partial charge in [0.15, 0.2) is 0 Å². The van der Waals surface area contributed by atoms with Crippen LogP contribution in [0.4, 0.5) is 0 Å². The first kappa shape index (κ1) is 14.1. The van der Waals surface area contributed by atoms with Crippen molar-refractivity contribution in [3.05, 3.63) is 29.8 Å². The molecule has 0 fully saturated rings. The summed E-state index contributed by atoms with van der Waals surface area (Å²) in [5, 5.41) is 0. The highest BCUT2D eigenvalue weighted by atomic mass is 32.2. The van der Waals surface area contributed by atoms with Crippen LogP contribution in [-0.2, 0) is 9.53 Å². The molecule has 0 amide bonds. The van der Waals surface area contributed by atoms with Crippen molar-refractivity contribution in [3.8, 4) is 0 Å². The van der Waals surface area contributed by atoms with Crippen LogP contribution in [-0.4, -0.2) is 18.8 Å². The number of hydrogen-bond acceptors (Lipinski definition) is 4. The second-order valence-electron chi connectivity index (χ2n) is 3.76. The van der Waals surface area contributed by atoms with Gasteiger partial charge in [0.2, 0.25) is 0 Å². The molecule has 3 nitrogen and oxygen atoms in total. The molecule has 0 aliphatic rings. The van der Waals surface area contributed by atoms with E-state index >= 15 is 0 Å². The summed E-state index contributed by atoms with van der Waals surface area (Å²) in [5.74, 6) is 0.577. The maximum atomic E-state index is 10.9. The molecule has 2 N–H and O–H groups in total. The number of esters is 1. The lowest BCUT2D eigenvalue weighted by Gasteiger charge is -2.09. The zero-order chi connectivity index (χ0) is 12.7. The highest BCUT2D eigenvalue weighted by molar-refractivity contribution is 7.99. The van der Waals surface area contributed by atoms with E-state index in [0.29, 0.717) is 6.42 Å². The fourth-order valence-corrected chi connectivity index (χ4v) is 2.23. The van der Waals surface area contributed by atoms with E-state index in [1.165, 1.54) is 7.11 Å². The van der Waals surface area contributed by atoms with Crippen molar-refractivity contribution < 1.29 is 9.53 Å². The third kappa shape index (κ3) is 4.79. The normalized spacial score (nSPS) is 12.2. The van der Waals surface area contributed by atoms with Gasteiger partial charge in [-0.2, -0.15) is 0 Å². The molecule has 0 radical (unpaired) electrons. The number of ether oxygens (including phenoxy) is 1. The van der Waals surface area contributed by atoms with Crippen LogP contribution in [0.15, 0.2) is 29.2 Å². The minimum atomic E-state index is -0.165. The number of rotatable bonds is 6. The average Bonchev–Trinajstić information content (AvgIpc) is 2.38. The maximum Gasteiger partial charge on any atom is 0.306 e. The molecule has 0 aromatic heterocycles. The van der Waals surface area contributed by atoms with Crippen LogP contribution in [0.25, 0.3) is 0 Å². The molecule has 4 heteroatoms. The fourth-order valence-electron chi connectivity index (χ4n) is 1.40. The molecule has 0 saturated heterocycles. The Morgan fingerprint density at radius 3 is 2.59 bits per heavy atom. The van der Waals surface area contributed by atoms with Crippen LogP contribution in [0.1, 0.15) is 31.4 Å². The van der Waals surface area contributed by atoms with E-state index in [2.05, 4.69) is 23.8 Å². The zero-order valence-electron chi connectivity index (χ0n) is 10.3. The fraction of sp³-hybridized carbons (Fsp3) is 0.462. The van der Waals surface area contributed by atoms with Crippen molar-refractivity contribution in [1.82, 2.24) is 0 Å². The number of thioether (sulfide) groups is 1. The molecule has 1 atom stereocenters. The lowest BCUT2D eigenvalue weighted by atomic mass is 10.1. The number of methoxy groups -OCH3 is 1. The third-order valence-corrected chi connectivity index (χ3v) is 3.56. The quantitative estimate of drug-likeness (QED) is 0.625. The van der Waals surface area contributed by atoms with Crippen LogP contribution in [0.5, 0.6) is 0 Å². The standard InChI is InChI=1S/C13H19NO2S/c1-3-12(14)10-4-6-11(7-5-10)17-9-8-13(15)16-2/h4-7,12H,3,8-9,14H2,1-2H3. The predicted octanol–water partition coefficient (Wildman–Crippen LogP) is 2.75. The summed E-state index contributed by atoms with van der Waals surface area (Å²) in [6, 6.07) is 8.31. The SMILES string of the molecule is CCC(N)c1ccc(SCCC(=O)OC)cc1. The maximum absolute atomic E-state index is 10.9. The van der Waals surface area contributed by atoms with Gasteiger partial charge in [0, 0.05) is 16.7 Å². The smallest absolute Gasteiger partial charge is 0.306 e. The van der Waals surface area contributed by atoms with Crippen LogP contribution < -0.4 is 5.73 Å². The van der Waals surface area contributed by atoms with Gasteiger partial charge in [-0.15, -0.1) is 11.8 Å².